The summed E-state index contributed by atoms with van der Waals surface area (Å²) in [6.45, 7) is 5.67. The van der Waals surface area contributed by atoms with Gasteiger partial charge in [0.05, 0.1) is 5.33 Å². The zero-order valence-electron chi connectivity index (χ0n) is 6.39. The lowest BCUT2D eigenvalue weighted by Crippen LogP contribution is -2.10. The van der Waals surface area contributed by atoms with Gasteiger partial charge >= 0.3 is 0 Å². The Labute approximate surface area is 70.1 Å². The number of hydrogen-bond acceptors (Lipinski definition) is 2. The Morgan fingerprint density at radius 2 is 1.80 bits per heavy atom. The predicted molar refractivity (Wildman–Crippen MR) is 45.2 cm³/mol. The molecule has 0 fully saturated rings. The highest BCUT2D eigenvalue weighted by Crippen LogP contribution is 1.71. The molecule has 0 saturated carbocycles. The third kappa shape index (κ3) is 24.7. The molecule has 1 amide bonds. The Balaban J connectivity index is 0. The first-order valence-corrected chi connectivity index (χ1v) is 4.23. The van der Waals surface area contributed by atoms with E-state index in [9.17, 15) is 4.79 Å². The monoisotopic (exact) mass is 211 g/mol. The van der Waals surface area contributed by atoms with Gasteiger partial charge in [-0.3, -0.25) is 4.79 Å². The molecule has 0 saturated heterocycles. The topological polar surface area (TPSA) is 52.3 Å². The summed E-state index contributed by atoms with van der Waals surface area (Å²) in [5, 5.41) is 0.257. The minimum atomic E-state index is -0.329. The minimum Gasteiger partial charge on any atom is -0.382 e. The lowest BCUT2D eigenvalue weighted by atomic mass is 10.8. The molecular formula is C6H14BrNO2. The number of ether oxygens (including phenoxy) is 1. The van der Waals surface area contributed by atoms with Crippen LogP contribution < -0.4 is 5.73 Å². The lowest BCUT2D eigenvalue weighted by molar-refractivity contribution is -0.115. The van der Waals surface area contributed by atoms with Gasteiger partial charge in [0, 0.05) is 13.2 Å². The number of primary amides is 1. The van der Waals surface area contributed by atoms with Gasteiger partial charge in [0.2, 0.25) is 5.91 Å². The lowest BCUT2D eigenvalue weighted by Gasteiger charge is -1.86. The van der Waals surface area contributed by atoms with Crippen molar-refractivity contribution in [3.8, 4) is 0 Å². The third-order valence-corrected chi connectivity index (χ3v) is 1.09. The molecule has 3 nitrogen and oxygen atoms in total. The van der Waals surface area contributed by atoms with E-state index in [2.05, 4.69) is 21.7 Å². The molecule has 0 unspecified atom stereocenters. The number of alkyl halides is 1. The Morgan fingerprint density at radius 3 is 1.80 bits per heavy atom. The maximum Gasteiger partial charge on any atom is 0.228 e. The standard InChI is InChI=1S/C4H10O.C2H4BrNO/c1-3-5-4-2;3-1-2(4)5/h3-4H2,1-2H3;1H2,(H2,4,5). The van der Waals surface area contributed by atoms with E-state index in [-0.39, 0.29) is 11.2 Å². The summed E-state index contributed by atoms with van der Waals surface area (Å²) in [5.41, 5.74) is 4.61. The molecule has 0 spiro atoms. The minimum absolute atomic E-state index is 0.257. The fourth-order valence-corrected chi connectivity index (χ4v) is 0.204. The normalized spacial score (nSPS) is 7.90. The van der Waals surface area contributed by atoms with Crippen molar-refractivity contribution in [2.75, 3.05) is 18.5 Å². The molecule has 2 N–H and O–H groups in total. The van der Waals surface area contributed by atoms with E-state index in [1.54, 1.807) is 0 Å². The zero-order valence-corrected chi connectivity index (χ0v) is 7.98. The summed E-state index contributed by atoms with van der Waals surface area (Å²) in [7, 11) is 0. The van der Waals surface area contributed by atoms with Crippen LogP contribution in [0.3, 0.4) is 0 Å². The van der Waals surface area contributed by atoms with Crippen LogP contribution in [0.25, 0.3) is 0 Å². The Bertz CT molecular complexity index is 76.1. The van der Waals surface area contributed by atoms with Crippen LogP contribution in [0.4, 0.5) is 0 Å². The van der Waals surface area contributed by atoms with Gasteiger partial charge in [-0.05, 0) is 13.8 Å². The van der Waals surface area contributed by atoms with Crippen molar-refractivity contribution in [2.24, 2.45) is 5.73 Å². The van der Waals surface area contributed by atoms with Crippen LogP contribution in [-0.2, 0) is 9.53 Å². The fourth-order valence-electron chi connectivity index (χ4n) is 0.204. The number of halogens is 1. The van der Waals surface area contributed by atoms with Gasteiger partial charge in [0.1, 0.15) is 0 Å². The number of amides is 1. The number of nitrogens with two attached hydrogens (primary N) is 1. The van der Waals surface area contributed by atoms with Crippen LogP contribution in [0.5, 0.6) is 0 Å². The molecule has 0 atom stereocenters. The van der Waals surface area contributed by atoms with E-state index in [0.29, 0.717) is 0 Å². The number of carbonyl (C=O) groups excluding carboxylic acids is 1. The average molecular weight is 212 g/mol. The molecule has 0 aliphatic carbocycles. The molecule has 62 valence electrons. The van der Waals surface area contributed by atoms with Gasteiger partial charge < -0.3 is 10.5 Å². The van der Waals surface area contributed by atoms with Crippen LogP contribution >= 0.6 is 15.9 Å². The summed E-state index contributed by atoms with van der Waals surface area (Å²) in [4.78, 5) is 9.54. The first-order chi connectivity index (χ1) is 4.68. The molecule has 10 heavy (non-hydrogen) atoms. The van der Waals surface area contributed by atoms with Crippen LogP contribution in [-0.4, -0.2) is 24.5 Å². The summed E-state index contributed by atoms with van der Waals surface area (Å²) < 4.78 is 4.83. The fraction of sp³-hybridized carbons (Fsp3) is 0.833. The second-order valence-electron chi connectivity index (χ2n) is 1.38. The zero-order chi connectivity index (χ0) is 8.41. The second kappa shape index (κ2) is 11.7. The summed E-state index contributed by atoms with van der Waals surface area (Å²) in [6, 6.07) is 0. The summed E-state index contributed by atoms with van der Waals surface area (Å²) in [5.74, 6) is -0.329. The number of carbonyl (C=O) groups is 1. The molecule has 0 heterocycles. The number of rotatable bonds is 3. The van der Waals surface area contributed by atoms with E-state index in [1.165, 1.54) is 0 Å². The highest BCUT2D eigenvalue weighted by Gasteiger charge is 1.79. The highest BCUT2D eigenvalue weighted by atomic mass is 79.9. The molecular weight excluding hydrogens is 198 g/mol. The molecule has 0 aliphatic rings. The van der Waals surface area contributed by atoms with Crippen molar-refractivity contribution in [1.82, 2.24) is 0 Å². The molecule has 0 aromatic carbocycles. The van der Waals surface area contributed by atoms with E-state index in [1.807, 2.05) is 13.8 Å². The van der Waals surface area contributed by atoms with Gasteiger partial charge in [0.25, 0.3) is 0 Å². The second-order valence-corrected chi connectivity index (χ2v) is 1.94. The van der Waals surface area contributed by atoms with Crippen molar-refractivity contribution in [3.05, 3.63) is 0 Å². The number of hydrogen-bond donors (Lipinski definition) is 1. The van der Waals surface area contributed by atoms with Gasteiger partial charge in [-0.1, -0.05) is 15.9 Å². The first-order valence-electron chi connectivity index (χ1n) is 3.11. The van der Waals surface area contributed by atoms with Crippen molar-refractivity contribution in [1.29, 1.82) is 0 Å². The Hall–Kier alpha value is -0.0900. The summed E-state index contributed by atoms with van der Waals surface area (Å²) in [6.07, 6.45) is 0. The maximum atomic E-state index is 9.54. The van der Waals surface area contributed by atoms with Crippen LogP contribution in [0.2, 0.25) is 0 Å². The maximum absolute atomic E-state index is 9.54. The highest BCUT2D eigenvalue weighted by molar-refractivity contribution is 9.09. The van der Waals surface area contributed by atoms with E-state index in [4.69, 9.17) is 4.74 Å². The van der Waals surface area contributed by atoms with Gasteiger partial charge in [-0.2, -0.15) is 0 Å². The van der Waals surface area contributed by atoms with Gasteiger partial charge in [-0.15, -0.1) is 0 Å². The van der Waals surface area contributed by atoms with Gasteiger partial charge in [0.15, 0.2) is 0 Å². The van der Waals surface area contributed by atoms with Gasteiger partial charge in [-0.25, -0.2) is 0 Å². The van der Waals surface area contributed by atoms with Crippen molar-refractivity contribution in [3.63, 3.8) is 0 Å². The first kappa shape index (κ1) is 12.6. The van der Waals surface area contributed by atoms with E-state index >= 15 is 0 Å². The summed E-state index contributed by atoms with van der Waals surface area (Å²) >= 11 is 2.84. The molecule has 0 rings (SSSR count). The molecule has 0 aromatic rings. The SMILES string of the molecule is CCOCC.NC(=O)CBr. The third-order valence-electron chi connectivity index (χ3n) is 0.540. The quantitative estimate of drug-likeness (QED) is 0.707. The van der Waals surface area contributed by atoms with Crippen LogP contribution in [0, 0.1) is 0 Å². The molecule has 0 bridgehead atoms. The molecule has 4 heteroatoms. The molecule has 0 aliphatic heterocycles. The largest absolute Gasteiger partial charge is 0.382 e. The Kier molecular flexibility index (Phi) is 14.7. The Morgan fingerprint density at radius 1 is 1.50 bits per heavy atom. The van der Waals surface area contributed by atoms with Crippen molar-refractivity contribution >= 4 is 21.8 Å². The average Bonchev–Trinajstić information content (AvgIpc) is 1.91. The van der Waals surface area contributed by atoms with E-state index < -0.39 is 0 Å². The predicted octanol–water partition coefficient (Wildman–Crippen LogP) is 0.909. The van der Waals surface area contributed by atoms with Crippen LogP contribution in [0.1, 0.15) is 13.8 Å². The van der Waals surface area contributed by atoms with Crippen molar-refractivity contribution in [2.45, 2.75) is 13.8 Å². The van der Waals surface area contributed by atoms with E-state index in [0.717, 1.165) is 13.2 Å². The smallest absolute Gasteiger partial charge is 0.228 e. The molecule has 0 aromatic heterocycles. The molecule has 0 radical (unpaired) electrons. The van der Waals surface area contributed by atoms with Crippen LogP contribution in [0.15, 0.2) is 0 Å². The van der Waals surface area contributed by atoms with Crippen molar-refractivity contribution < 1.29 is 9.53 Å².